The maximum atomic E-state index is 11.8. The molecular formula is C14H17NO4S. The number of benzene rings is 1. The van der Waals surface area contributed by atoms with E-state index in [1.165, 1.54) is 0 Å². The summed E-state index contributed by atoms with van der Waals surface area (Å²) in [4.78, 5) is 11.8. The number of rotatable bonds is 5. The van der Waals surface area contributed by atoms with Crippen LogP contribution < -0.4 is 5.32 Å². The zero-order chi connectivity index (χ0) is 14.6. The van der Waals surface area contributed by atoms with Gasteiger partial charge in [0.05, 0.1) is 12.0 Å². The molecule has 1 aromatic rings. The van der Waals surface area contributed by atoms with Crippen LogP contribution in [0.1, 0.15) is 24.8 Å². The van der Waals surface area contributed by atoms with Crippen LogP contribution in [0.3, 0.4) is 0 Å². The number of nitrogens with one attached hydrogen (secondary N) is 1. The second kappa shape index (κ2) is 6.09. The van der Waals surface area contributed by atoms with Gasteiger partial charge in [0, 0.05) is 13.0 Å². The predicted molar refractivity (Wildman–Crippen MR) is 75.1 cm³/mol. The first-order chi connectivity index (χ1) is 9.46. The van der Waals surface area contributed by atoms with E-state index >= 15 is 0 Å². The number of ketones is 1. The average molecular weight is 295 g/mol. The van der Waals surface area contributed by atoms with Gasteiger partial charge in [-0.05, 0) is 18.4 Å². The number of carbonyl (C=O) groups is 1. The zero-order valence-corrected chi connectivity index (χ0v) is 12.1. The molecule has 0 bridgehead atoms. The highest BCUT2D eigenvalue weighted by atomic mass is 32.2. The third kappa shape index (κ3) is 4.09. The van der Waals surface area contributed by atoms with E-state index in [0.29, 0.717) is 31.5 Å². The Labute approximate surface area is 118 Å². The molecule has 0 amide bonds. The van der Waals surface area contributed by atoms with Crippen molar-refractivity contribution in [2.45, 2.75) is 25.8 Å². The van der Waals surface area contributed by atoms with Crippen LogP contribution in [0.2, 0.25) is 0 Å². The highest BCUT2D eigenvalue weighted by Gasteiger charge is 2.25. The number of allylic oxidation sites excluding steroid dienone is 2. The smallest absolute Gasteiger partial charge is 0.306 e. The fourth-order valence-corrected chi connectivity index (χ4v) is 2.54. The monoisotopic (exact) mass is 295 g/mol. The number of carbonyl (C=O) groups excluding carboxylic acids is 1. The van der Waals surface area contributed by atoms with Crippen LogP contribution in [0.25, 0.3) is 0 Å². The Hall–Kier alpha value is -1.82. The summed E-state index contributed by atoms with van der Waals surface area (Å²) in [5.41, 5.74) is 1.62. The Morgan fingerprint density at radius 2 is 1.90 bits per heavy atom. The van der Waals surface area contributed by atoms with Gasteiger partial charge in [-0.15, -0.1) is 0 Å². The second-order valence-electron chi connectivity index (χ2n) is 4.71. The minimum absolute atomic E-state index is 0.0605. The Morgan fingerprint density at radius 3 is 2.55 bits per heavy atom. The molecule has 0 atom stereocenters. The van der Waals surface area contributed by atoms with Gasteiger partial charge in [-0.1, -0.05) is 30.3 Å². The van der Waals surface area contributed by atoms with Crippen molar-refractivity contribution in [2.24, 2.45) is 0 Å². The maximum absolute atomic E-state index is 11.8. The predicted octanol–water partition coefficient (Wildman–Crippen LogP) is 1.72. The summed E-state index contributed by atoms with van der Waals surface area (Å²) in [5, 5.41) is 3.11. The van der Waals surface area contributed by atoms with Gasteiger partial charge in [-0.2, -0.15) is 8.42 Å². The molecule has 0 radical (unpaired) electrons. The Bertz CT molecular complexity index is 620. The van der Waals surface area contributed by atoms with Gasteiger partial charge in [0.15, 0.2) is 0 Å². The largest absolute Gasteiger partial charge is 0.381 e. The van der Waals surface area contributed by atoms with E-state index in [4.69, 9.17) is 4.18 Å². The summed E-state index contributed by atoms with van der Waals surface area (Å²) < 4.78 is 27.3. The molecule has 0 unspecified atom stereocenters. The normalized spacial score (nSPS) is 16.1. The van der Waals surface area contributed by atoms with Crippen molar-refractivity contribution in [1.82, 2.24) is 5.32 Å². The van der Waals surface area contributed by atoms with E-state index in [1.54, 1.807) is 0 Å². The molecule has 1 N–H and O–H groups in total. The number of hydrogen-bond acceptors (Lipinski definition) is 5. The van der Waals surface area contributed by atoms with Crippen molar-refractivity contribution in [1.29, 1.82) is 0 Å². The summed E-state index contributed by atoms with van der Waals surface area (Å²) >= 11 is 0. The highest BCUT2D eigenvalue weighted by molar-refractivity contribution is 7.86. The molecule has 0 saturated heterocycles. The van der Waals surface area contributed by atoms with E-state index in [9.17, 15) is 13.2 Å². The standard InChI is InChI=1S/C14H17NO4S/c1-20(17,18)19-14-12(8-5-9-13(14)16)15-10-11-6-3-2-4-7-11/h2-4,6-7,15H,5,8-10H2,1H3. The molecule has 0 fully saturated rings. The van der Waals surface area contributed by atoms with Crippen LogP contribution in [0.5, 0.6) is 0 Å². The van der Waals surface area contributed by atoms with Gasteiger partial charge in [-0.3, -0.25) is 4.79 Å². The van der Waals surface area contributed by atoms with Crippen LogP contribution >= 0.6 is 0 Å². The van der Waals surface area contributed by atoms with E-state index in [0.717, 1.165) is 11.8 Å². The highest BCUT2D eigenvalue weighted by Crippen LogP contribution is 2.22. The molecule has 6 heteroatoms. The van der Waals surface area contributed by atoms with Gasteiger partial charge in [0.25, 0.3) is 0 Å². The Morgan fingerprint density at radius 1 is 1.20 bits per heavy atom. The third-order valence-electron chi connectivity index (χ3n) is 2.94. The first-order valence-electron chi connectivity index (χ1n) is 6.39. The van der Waals surface area contributed by atoms with Crippen LogP contribution in [-0.2, 0) is 25.6 Å². The molecule has 20 heavy (non-hydrogen) atoms. The minimum Gasteiger partial charge on any atom is -0.381 e. The molecule has 0 spiro atoms. The third-order valence-corrected chi connectivity index (χ3v) is 3.41. The van der Waals surface area contributed by atoms with E-state index in [1.807, 2.05) is 30.3 Å². The van der Waals surface area contributed by atoms with Crippen LogP contribution in [0, 0.1) is 0 Å². The first kappa shape index (κ1) is 14.6. The fraction of sp³-hybridized carbons (Fsp3) is 0.357. The van der Waals surface area contributed by atoms with Crippen molar-refractivity contribution < 1.29 is 17.4 Å². The number of Topliss-reactive ketones (excluding diaryl/α,β-unsaturated/α-hetero) is 1. The zero-order valence-electron chi connectivity index (χ0n) is 11.3. The number of hydrogen-bond donors (Lipinski definition) is 1. The van der Waals surface area contributed by atoms with Crippen molar-refractivity contribution in [3.8, 4) is 0 Å². The summed E-state index contributed by atoms with van der Waals surface area (Å²) in [5.74, 6) is -0.327. The molecule has 0 saturated carbocycles. The molecule has 5 nitrogen and oxygen atoms in total. The Balaban J connectivity index is 2.16. The lowest BCUT2D eigenvalue weighted by Gasteiger charge is -2.19. The molecule has 2 rings (SSSR count). The molecule has 0 aliphatic heterocycles. The van der Waals surface area contributed by atoms with Crippen LogP contribution in [0.4, 0.5) is 0 Å². The molecule has 108 valence electrons. The average Bonchev–Trinajstić information content (AvgIpc) is 2.39. The lowest BCUT2D eigenvalue weighted by molar-refractivity contribution is -0.118. The molecule has 1 aromatic carbocycles. The van der Waals surface area contributed by atoms with E-state index < -0.39 is 10.1 Å². The second-order valence-corrected chi connectivity index (χ2v) is 6.29. The summed E-state index contributed by atoms with van der Waals surface area (Å²) in [6.45, 7) is 0.528. The first-order valence-corrected chi connectivity index (χ1v) is 8.21. The van der Waals surface area contributed by atoms with Crippen molar-refractivity contribution in [2.75, 3.05) is 6.26 Å². The van der Waals surface area contributed by atoms with E-state index in [2.05, 4.69) is 5.32 Å². The van der Waals surface area contributed by atoms with Crippen LogP contribution in [0.15, 0.2) is 41.8 Å². The van der Waals surface area contributed by atoms with Crippen molar-refractivity contribution >= 4 is 15.9 Å². The quantitative estimate of drug-likeness (QED) is 0.837. The summed E-state index contributed by atoms with van der Waals surface area (Å²) in [7, 11) is -3.69. The molecule has 1 aliphatic rings. The molecule has 0 aromatic heterocycles. The SMILES string of the molecule is CS(=O)(=O)OC1=C(NCc2ccccc2)CCCC1=O. The molecule has 0 heterocycles. The van der Waals surface area contributed by atoms with Crippen molar-refractivity contribution in [3.63, 3.8) is 0 Å². The summed E-state index contributed by atoms with van der Waals surface area (Å²) in [6.07, 6.45) is 2.58. The van der Waals surface area contributed by atoms with E-state index in [-0.39, 0.29) is 11.5 Å². The van der Waals surface area contributed by atoms with Gasteiger partial charge in [0.2, 0.25) is 11.5 Å². The van der Waals surface area contributed by atoms with Crippen LogP contribution in [-0.4, -0.2) is 20.5 Å². The Kier molecular flexibility index (Phi) is 4.44. The van der Waals surface area contributed by atoms with Gasteiger partial charge < -0.3 is 9.50 Å². The van der Waals surface area contributed by atoms with Crippen molar-refractivity contribution in [3.05, 3.63) is 47.4 Å². The van der Waals surface area contributed by atoms with Gasteiger partial charge in [-0.25, -0.2) is 0 Å². The lowest BCUT2D eigenvalue weighted by atomic mass is 10.0. The van der Waals surface area contributed by atoms with Gasteiger partial charge >= 0.3 is 10.1 Å². The fourth-order valence-electron chi connectivity index (χ4n) is 2.04. The molecular weight excluding hydrogens is 278 g/mol. The molecule has 1 aliphatic carbocycles. The van der Waals surface area contributed by atoms with Gasteiger partial charge in [0.1, 0.15) is 0 Å². The topological polar surface area (TPSA) is 72.5 Å². The maximum Gasteiger partial charge on any atom is 0.306 e. The summed E-state index contributed by atoms with van der Waals surface area (Å²) in [6, 6.07) is 9.67. The lowest BCUT2D eigenvalue weighted by Crippen LogP contribution is -2.24. The minimum atomic E-state index is -3.69.